The van der Waals surface area contributed by atoms with E-state index in [-0.39, 0.29) is 0 Å². The summed E-state index contributed by atoms with van der Waals surface area (Å²) in [5.41, 5.74) is 5.98. The average molecular weight is 238 g/mol. The Kier molecular flexibility index (Phi) is 4.00. The third-order valence-electron chi connectivity index (χ3n) is 3.72. The van der Waals surface area contributed by atoms with Crippen LogP contribution in [-0.4, -0.2) is 23.5 Å². The summed E-state index contributed by atoms with van der Waals surface area (Å²) >= 11 is 1.83. The predicted molar refractivity (Wildman–Crippen MR) is 70.7 cm³/mol. The van der Waals surface area contributed by atoms with E-state index in [1.165, 1.54) is 24.1 Å². The number of piperidine rings is 1. The summed E-state index contributed by atoms with van der Waals surface area (Å²) in [7, 11) is 0. The maximum atomic E-state index is 5.98. The van der Waals surface area contributed by atoms with E-state index in [0.29, 0.717) is 18.1 Å². The minimum absolute atomic E-state index is 0.422. The summed E-state index contributed by atoms with van der Waals surface area (Å²) in [5.74, 6) is 0. The fraction of sp³-hybridized carbons (Fsp3) is 0.692. The maximum Gasteiger partial charge on any atom is 0.0569 e. The van der Waals surface area contributed by atoms with Gasteiger partial charge in [-0.3, -0.25) is 4.90 Å². The number of rotatable bonds is 3. The molecule has 1 saturated heterocycles. The van der Waals surface area contributed by atoms with E-state index in [0.717, 1.165) is 6.54 Å². The molecule has 0 aromatic carbocycles. The third-order valence-corrected chi connectivity index (χ3v) is 4.69. The first kappa shape index (κ1) is 12.1. The van der Waals surface area contributed by atoms with Crippen molar-refractivity contribution in [3.63, 3.8) is 0 Å². The molecular formula is C13H22N2S. The summed E-state index contributed by atoms with van der Waals surface area (Å²) in [6.45, 7) is 5.41. The summed E-state index contributed by atoms with van der Waals surface area (Å²) in [4.78, 5) is 4.04. The minimum atomic E-state index is 0.422. The van der Waals surface area contributed by atoms with Crippen LogP contribution in [0.1, 0.15) is 44.0 Å². The normalized spacial score (nSPS) is 29.2. The highest BCUT2D eigenvalue weighted by atomic mass is 32.1. The molecule has 0 aliphatic carbocycles. The van der Waals surface area contributed by atoms with Crippen LogP contribution in [0.5, 0.6) is 0 Å². The Bertz CT molecular complexity index is 300. The molecule has 1 aromatic heterocycles. The lowest BCUT2D eigenvalue weighted by molar-refractivity contribution is 0.0593. The van der Waals surface area contributed by atoms with Crippen molar-refractivity contribution < 1.29 is 0 Å². The molecule has 0 spiro atoms. The van der Waals surface area contributed by atoms with Gasteiger partial charge in [0.1, 0.15) is 0 Å². The van der Waals surface area contributed by atoms with Crippen molar-refractivity contribution in [1.82, 2.24) is 4.90 Å². The second-order valence-electron chi connectivity index (χ2n) is 4.84. The SMILES string of the molecule is C[C@@H]1CCC[C@H](C)N1C(CN)c1cccs1. The number of likely N-dealkylation sites (tertiary alicyclic amines) is 1. The van der Waals surface area contributed by atoms with Crippen LogP contribution in [0.15, 0.2) is 17.5 Å². The van der Waals surface area contributed by atoms with Gasteiger partial charge in [0.05, 0.1) is 6.04 Å². The van der Waals surface area contributed by atoms with Crippen LogP contribution in [0.25, 0.3) is 0 Å². The molecule has 3 heteroatoms. The zero-order valence-electron chi connectivity index (χ0n) is 10.2. The van der Waals surface area contributed by atoms with Gasteiger partial charge in [-0.25, -0.2) is 0 Å². The van der Waals surface area contributed by atoms with E-state index in [9.17, 15) is 0 Å². The molecule has 90 valence electrons. The van der Waals surface area contributed by atoms with Gasteiger partial charge >= 0.3 is 0 Å². The van der Waals surface area contributed by atoms with Gasteiger partial charge in [-0.2, -0.15) is 0 Å². The Hall–Kier alpha value is -0.380. The van der Waals surface area contributed by atoms with Gasteiger partial charge in [-0.05, 0) is 38.1 Å². The molecule has 2 rings (SSSR count). The van der Waals surface area contributed by atoms with Crippen LogP contribution >= 0.6 is 11.3 Å². The summed E-state index contributed by atoms with van der Waals surface area (Å²) in [5, 5.41) is 2.15. The van der Waals surface area contributed by atoms with E-state index < -0.39 is 0 Å². The number of nitrogens with zero attached hydrogens (tertiary/aromatic N) is 1. The Morgan fingerprint density at radius 1 is 1.44 bits per heavy atom. The van der Waals surface area contributed by atoms with E-state index in [4.69, 9.17) is 5.73 Å². The van der Waals surface area contributed by atoms with Gasteiger partial charge in [0.25, 0.3) is 0 Å². The predicted octanol–water partition coefficient (Wildman–Crippen LogP) is 3.01. The van der Waals surface area contributed by atoms with Crippen molar-refractivity contribution in [3.8, 4) is 0 Å². The van der Waals surface area contributed by atoms with Crippen molar-refractivity contribution in [2.75, 3.05) is 6.54 Å². The second kappa shape index (κ2) is 5.30. The van der Waals surface area contributed by atoms with Crippen LogP contribution in [0.2, 0.25) is 0 Å². The first-order valence-corrected chi connectivity index (χ1v) is 7.13. The van der Waals surface area contributed by atoms with Gasteiger partial charge in [0.15, 0.2) is 0 Å². The molecule has 0 amide bonds. The van der Waals surface area contributed by atoms with Crippen molar-refractivity contribution >= 4 is 11.3 Å². The molecule has 16 heavy (non-hydrogen) atoms. The highest BCUT2D eigenvalue weighted by Gasteiger charge is 2.31. The first-order chi connectivity index (χ1) is 7.74. The van der Waals surface area contributed by atoms with Gasteiger partial charge in [-0.1, -0.05) is 12.5 Å². The molecule has 1 unspecified atom stereocenters. The molecular weight excluding hydrogens is 216 g/mol. The van der Waals surface area contributed by atoms with Crippen LogP contribution < -0.4 is 5.73 Å². The standard InChI is InChI=1S/C13H22N2S/c1-10-5-3-6-11(2)15(10)12(9-14)13-7-4-8-16-13/h4,7-8,10-12H,3,5-6,9,14H2,1-2H3/t10-,11+,12?. The lowest BCUT2D eigenvalue weighted by Crippen LogP contribution is -2.47. The highest BCUT2D eigenvalue weighted by molar-refractivity contribution is 7.10. The topological polar surface area (TPSA) is 29.3 Å². The quantitative estimate of drug-likeness (QED) is 0.877. The molecule has 1 aromatic rings. The van der Waals surface area contributed by atoms with E-state index >= 15 is 0 Å². The molecule has 1 aliphatic heterocycles. The smallest absolute Gasteiger partial charge is 0.0569 e. The van der Waals surface area contributed by atoms with Crippen LogP contribution in [0.3, 0.4) is 0 Å². The van der Waals surface area contributed by atoms with Crippen molar-refractivity contribution in [2.24, 2.45) is 5.73 Å². The van der Waals surface area contributed by atoms with Crippen LogP contribution in [0, 0.1) is 0 Å². The third kappa shape index (κ3) is 2.31. The Morgan fingerprint density at radius 3 is 2.62 bits per heavy atom. The number of hydrogen-bond acceptors (Lipinski definition) is 3. The average Bonchev–Trinajstić information content (AvgIpc) is 2.77. The molecule has 0 bridgehead atoms. The minimum Gasteiger partial charge on any atom is -0.329 e. The second-order valence-corrected chi connectivity index (χ2v) is 5.82. The maximum absolute atomic E-state index is 5.98. The van der Waals surface area contributed by atoms with E-state index in [2.05, 4.69) is 36.3 Å². The molecule has 0 saturated carbocycles. The first-order valence-electron chi connectivity index (χ1n) is 6.25. The summed E-state index contributed by atoms with van der Waals surface area (Å²) < 4.78 is 0. The zero-order valence-corrected chi connectivity index (χ0v) is 11.0. The van der Waals surface area contributed by atoms with Crippen molar-refractivity contribution in [2.45, 2.75) is 51.2 Å². The summed E-state index contributed by atoms with van der Waals surface area (Å²) in [6.07, 6.45) is 3.99. The van der Waals surface area contributed by atoms with E-state index in [1.807, 2.05) is 11.3 Å². The lowest BCUT2D eigenvalue weighted by Gasteiger charge is -2.43. The van der Waals surface area contributed by atoms with E-state index in [1.54, 1.807) is 0 Å². The number of nitrogens with two attached hydrogens (primary N) is 1. The molecule has 1 fully saturated rings. The molecule has 1 aliphatic rings. The van der Waals surface area contributed by atoms with Gasteiger partial charge in [-0.15, -0.1) is 11.3 Å². The molecule has 2 N–H and O–H groups in total. The summed E-state index contributed by atoms with van der Waals surface area (Å²) in [6, 6.07) is 6.10. The molecule has 0 radical (unpaired) electrons. The van der Waals surface area contributed by atoms with Crippen LogP contribution in [0.4, 0.5) is 0 Å². The van der Waals surface area contributed by atoms with Crippen molar-refractivity contribution in [3.05, 3.63) is 22.4 Å². The Labute approximate surface area is 102 Å². The Balaban J connectivity index is 2.19. The monoisotopic (exact) mass is 238 g/mol. The fourth-order valence-electron chi connectivity index (χ4n) is 2.92. The number of thiophene rings is 1. The zero-order chi connectivity index (χ0) is 11.5. The molecule has 2 heterocycles. The fourth-order valence-corrected chi connectivity index (χ4v) is 3.77. The van der Waals surface area contributed by atoms with Gasteiger partial charge in [0.2, 0.25) is 0 Å². The molecule has 3 atom stereocenters. The number of hydrogen-bond donors (Lipinski definition) is 1. The van der Waals surface area contributed by atoms with Crippen LogP contribution in [-0.2, 0) is 0 Å². The Morgan fingerprint density at radius 2 is 2.12 bits per heavy atom. The van der Waals surface area contributed by atoms with Crippen molar-refractivity contribution in [1.29, 1.82) is 0 Å². The van der Waals surface area contributed by atoms with Gasteiger partial charge < -0.3 is 5.73 Å². The molecule has 2 nitrogen and oxygen atoms in total. The van der Waals surface area contributed by atoms with Gasteiger partial charge in [0, 0.05) is 23.5 Å². The lowest BCUT2D eigenvalue weighted by atomic mass is 9.94. The largest absolute Gasteiger partial charge is 0.329 e. The highest BCUT2D eigenvalue weighted by Crippen LogP contribution is 2.33.